The molecule has 1 heterocycles. The third-order valence-electron chi connectivity index (χ3n) is 3.59. The normalized spacial score (nSPS) is 12.7. The zero-order valence-electron chi connectivity index (χ0n) is 13.6. The maximum atomic E-state index is 12.6. The molecule has 1 aromatic carbocycles. The SMILES string of the molecule is C[NH2+]C(=CC=N)c1cc(C(=O)NC(CN)c2cccc(Cl)c2)sc1Cl. The fraction of sp³-hybridized carbons (Fsp3) is 0.176. The Morgan fingerprint density at radius 1 is 1.44 bits per heavy atom. The van der Waals surface area contributed by atoms with Crippen LogP contribution in [0.5, 0.6) is 0 Å². The highest BCUT2D eigenvalue weighted by atomic mass is 35.5. The van der Waals surface area contributed by atoms with E-state index in [1.54, 1.807) is 24.3 Å². The number of carbonyl (C=O) groups excluding carboxylic acids is 1. The molecule has 5 nitrogen and oxygen atoms in total. The Kier molecular flexibility index (Phi) is 7.16. The summed E-state index contributed by atoms with van der Waals surface area (Å²) in [4.78, 5) is 13.1. The molecule has 2 aromatic rings. The van der Waals surface area contributed by atoms with E-state index >= 15 is 0 Å². The van der Waals surface area contributed by atoms with Crippen molar-refractivity contribution in [3.05, 3.63) is 61.8 Å². The van der Waals surface area contributed by atoms with Crippen LogP contribution in [0.3, 0.4) is 0 Å². The highest BCUT2D eigenvalue weighted by molar-refractivity contribution is 7.18. The number of rotatable bonds is 7. The second-order valence-electron chi connectivity index (χ2n) is 5.19. The number of halogens is 2. The van der Waals surface area contributed by atoms with E-state index in [4.69, 9.17) is 34.3 Å². The molecule has 0 saturated heterocycles. The van der Waals surface area contributed by atoms with E-state index in [1.165, 1.54) is 17.6 Å². The third-order valence-corrected chi connectivity index (χ3v) is 5.18. The van der Waals surface area contributed by atoms with E-state index in [9.17, 15) is 4.79 Å². The molecule has 0 aliphatic carbocycles. The number of allylic oxidation sites excluding steroid dienone is 1. The lowest BCUT2D eigenvalue weighted by Gasteiger charge is -2.17. The Morgan fingerprint density at radius 2 is 2.20 bits per heavy atom. The van der Waals surface area contributed by atoms with Gasteiger partial charge in [-0.1, -0.05) is 35.3 Å². The van der Waals surface area contributed by atoms with Gasteiger partial charge in [0.25, 0.3) is 5.91 Å². The van der Waals surface area contributed by atoms with Crippen LogP contribution in [0.2, 0.25) is 9.36 Å². The molecule has 1 aromatic heterocycles. The zero-order valence-corrected chi connectivity index (χ0v) is 15.9. The van der Waals surface area contributed by atoms with E-state index in [1.807, 2.05) is 24.5 Å². The molecule has 2 rings (SSSR count). The van der Waals surface area contributed by atoms with Crippen molar-refractivity contribution in [1.29, 1.82) is 5.41 Å². The minimum atomic E-state index is -0.343. The number of thiophene rings is 1. The van der Waals surface area contributed by atoms with Crippen molar-refractivity contribution in [3.8, 4) is 0 Å². The second kappa shape index (κ2) is 9.12. The lowest BCUT2D eigenvalue weighted by Crippen LogP contribution is -2.76. The molecule has 1 amide bonds. The van der Waals surface area contributed by atoms with Crippen LogP contribution in [0, 0.1) is 5.41 Å². The number of hydrogen-bond acceptors (Lipinski definition) is 4. The summed E-state index contributed by atoms with van der Waals surface area (Å²) in [7, 11) is 1.85. The predicted octanol–water partition coefficient (Wildman–Crippen LogP) is 2.67. The molecule has 0 spiro atoms. The van der Waals surface area contributed by atoms with Crippen LogP contribution in [-0.2, 0) is 0 Å². The van der Waals surface area contributed by atoms with Gasteiger partial charge in [-0.25, -0.2) is 0 Å². The molecule has 132 valence electrons. The van der Waals surface area contributed by atoms with Crippen LogP contribution in [-0.4, -0.2) is 25.7 Å². The van der Waals surface area contributed by atoms with Crippen LogP contribution >= 0.6 is 34.5 Å². The van der Waals surface area contributed by atoms with Gasteiger partial charge in [-0.2, -0.15) is 0 Å². The first-order valence-electron chi connectivity index (χ1n) is 7.56. The standard InChI is InChI=1S/C17H18Cl2N4OS/c1-22-13(5-6-20)12-8-15(25-16(12)19)17(24)23-14(9-21)10-3-2-4-11(18)7-10/h2-8,14,20,22H,9,21H2,1H3,(H,23,24)/p+1. The fourth-order valence-corrected chi connectivity index (χ4v) is 3.76. The van der Waals surface area contributed by atoms with Gasteiger partial charge in [-0.15, -0.1) is 11.3 Å². The van der Waals surface area contributed by atoms with Crippen molar-refractivity contribution < 1.29 is 10.1 Å². The van der Waals surface area contributed by atoms with E-state index < -0.39 is 0 Å². The summed E-state index contributed by atoms with van der Waals surface area (Å²) in [5.41, 5.74) is 8.17. The van der Waals surface area contributed by atoms with Gasteiger partial charge in [-0.05, 0) is 23.8 Å². The number of nitrogens with two attached hydrogens (primary N) is 2. The van der Waals surface area contributed by atoms with Gasteiger partial charge < -0.3 is 21.8 Å². The van der Waals surface area contributed by atoms with Crippen LogP contribution in [0.4, 0.5) is 0 Å². The van der Waals surface area contributed by atoms with E-state index in [-0.39, 0.29) is 18.5 Å². The van der Waals surface area contributed by atoms with Gasteiger partial charge in [0.2, 0.25) is 0 Å². The molecule has 1 unspecified atom stereocenters. The molecule has 6 N–H and O–H groups in total. The second-order valence-corrected chi connectivity index (χ2v) is 7.28. The fourth-order valence-electron chi connectivity index (χ4n) is 2.34. The minimum absolute atomic E-state index is 0.250. The minimum Gasteiger partial charge on any atom is -0.343 e. The maximum Gasteiger partial charge on any atom is 0.261 e. The first kappa shape index (κ1) is 19.6. The summed E-state index contributed by atoms with van der Waals surface area (Å²) in [5, 5.41) is 12.6. The highest BCUT2D eigenvalue weighted by Crippen LogP contribution is 2.31. The largest absolute Gasteiger partial charge is 0.343 e. The van der Waals surface area contributed by atoms with Crippen molar-refractivity contribution in [2.24, 2.45) is 5.73 Å². The van der Waals surface area contributed by atoms with Crippen LogP contribution in [0.25, 0.3) is 5.70 Å². The smallest absolute Gasteiger partial charge is 0.261 e. The molecule has 0 bridgehead atoms. The number of nitrogens with one attached hydrogen (secondary N) is 2. The molecule has 0 fully saturated rings. The lowest BCUT2D eigenvalue weighted by molar-refractivity contribution is -0.530. The van der Waals surface area contributed by atoms with Crippen molar-refractivity contribution in [2.75, 3.05) is 13.6 Å². The van der Waals surface area contributed by atoms with Crippen LogP contribution < -0.4 is 16.4 Å². The summed E-state index contributed by atoms with van der Waals surface area (Å²) >= 11 is 13.5. The van der Waals surface area contributed by atoms with Crippen molar-refractivity contribution in [3.63, 3.8) is 0 Å². The van der Waals surface area contributed by atoms with Gasteiger partial charge in [0.15, 0.2) is 0 Å². The number of amides is 1. The first-order chi connectivity index (χ1) is 12.0. The molecular formula is C17H19Cl2N4OS+. The monoisotopic (exact) mass is 397 g/mol. The number of benzene rings is 1. The Hall–Kier alpha value is -1.70. The van der Waals surface area contributed by atoms with Crippen molar-refractivity contribution >= 4 is 52.4 Å². The molecule has 0 saturated carbocycles. The quantitative estimate of drug-likeness (QED) is 0.540. The Labute approximate surface area is 160 Å². The van der Waals surface area contributed by atoms with Gasteiger partial charge in [0.05, 0.1) is 23.5 Å². The average Bonchev–Trinajstić information content (AvgIpc) is 2.99. The average molecular weight is 398 g/mol. The summed E-state index contributed by atoms with van der Waals surface area (Å²) in [6, 6.07) is 8.62. The molecule has 1 atom stereocenters. The first-order valence-corrected chi connectivity index (χ1v) is 9.13. The van der Waals surface area contributed by atoms with Crippen LogP contribution in [0.1, 0.15) is 26.8 Å². The topological polar surface area (TPSA) is 95.6 Å². The molecule has 25 heavy (non-hydrogen) atoms. The molecule has 0 radical (unpaired) electrons. The third kappa shape index (κ3) is 4.90. The van der Waals surface area contributed by atoms with Gasteiger partial charge in [-0.3, -0.25) is 4.79 Å². The van der Waals surface area contributed by atoms with Crippen molar-refractivity contribution in [2.45, 2.75) is 6.04 Å². The maximum absolute atomic E-state index is 12.6. The zero-order chi connectivity index (χ0) is 18.4. The van der Waals surface area contributed by atoms with Gasteiger partial charge in [0, 0.05) is 23.9 Å². The summed E-state index contributed by atoms with van der Waals surface area (Å²) in [6.07, 6.45) is 2.82. The van der Waals surface area contributed by atoms with E-state index in [0.29, 0.717) is 14.2 Å². The molecule has 8 heteroatoms. The Bertz CT molecular complexity index is 804. The van der Waals surface area contributed by atoms with E-state index in [0.717, 1.165) is 16.8 Å². The predicted molar refractivity (Wildman–Crippen MR) is 105 cm³/mol. The molecular weight excluding hydrogens is 379 g/mol. The number of hydrogen-bond donors (Lipinski definition) is 4. The van der Waals surface area contributed by atoms with Gasteiger partial charge in [0.1, 0.15) is 10.0 Å². The van der Waals surface area contributed by atoms with E-state index in [2.05, 4.69) is 5.32 Å². The Balaban J connectivity index is 2.23. The summed E-state index contributed by atoms with van der Waals surface area (Å²) in [6.45, 7) is 0.250. The number of quaternary nitrogens is 1. The Morgan fingerprint density at radius 3 is 2.80 bits per heavy atom. The lowest BCUT2D eigenvalue weighted by atomic mass is 10.1. The number of carbonyl (C=O) groups is 1. The highest BCUT2D eigenvalue weighted by Gasteiger charge is 2.20. The molecule has 0 aliphatic rings. The molecule has 0 aliphatic heterocycles. The van der Waals surface area contributed by atoms with Gasteiger partial charge >= 0.3 is 0 Å². The summed E-state index contributed by atoms with van der Waals surface area (Å²) in [5.74, 6) is -0.251. The summed E-state index contributed by atoms with van der Waals surface area (Å²) < 4.78 is 0.503. The van der Waals surface area contributed by atoms with Crippen LogP contribution in [0.15, 0.2) is 36.4 Å². The van der Waals surface area contributed by atoms with Crippen molar-refractivity contribution in [1.82, 2.24) is 5.32 Å².